The van der Waals surface area contributed by atoms with Crippen molar-refractivity contribution in [3.05, 3.63) is 32.6 Å². The number of hydrogen-bond acceptors (Lipinski definition) is 4. The van der Waals surface area contributed by atoms with E-state index in [0.717, 1.165) is 36.7 Å². The lowest BCUT2D eigenvalue weighted by Gasteiger charge is -2.15. The molecule has 0 atom stereocenters. The van der Waals surface area contributed by atoms with Crippen molar-refractivity contribution in [1.82, 2.24) is 14.5 Å². The van der Waals surface area contributed by atoms with Crippen LogP contribution in [0.4, 0.5) is 0 Å². The lowest BCUT2D eigenvalue weighted by atomic mass is 10.2. The average Bonchev–Trinajstić information content (AvgIpc) is 2.91. The molecule has 7 heteroatoms. The van der Waals surface area contributed by atoms with E-state index in [9.17, 15) is 19.2 Å². The number of hydrogen-bond donors (Lipinski definition) is 1. The first-order valence-electron chi connectivity index (χ1n) is 6.62. The van der Waals surface area contributed by atoms with Crippen LogP contribution in [0.1, 0.15) is 36.5 Å². The molecule has 0 saturated carbocycles. The van der Waals surface area contributed by atoms with Crippen LogP contribution in [0.25, 0.3) is 0 Å². The molecule has 108 valence electrons. The summed E-state index contributed by atoms with van der Waals surface area (Å²) in [5.74, 6) is -0.479. The van der Waals surface area contributed by atoms with Gasteiger partial charge in [-0.1, -0.05) is 0 Å². The molecule has 0 radical (unpaired) electrons. The molecular formula is C13H17N3O4. The predicted octanol–water partition coefficient (Wildman–Crippen LogP) is -0.248. The standard InChI is InChI=1S/C13H17N3O4/c1-9(17)10-8-14-13(20)16(12(10)19)7-4-11(18)15-5-2-3-6-15/h8H,2-7H2,1H3,(H,14,20). The number of amides is 1. The molecule has 1 saturated heterocycles. The van der Waals surface area contributed by atoms with Gasteiger partial charge in [0.1, 0.15) is 0 Å². The van der Waals surface area contributed by atoms with Crippen LogP contribution < -0.4 is 11.2 Å². The normalized spacial score (nSPS) is 14.6. The monoisotopic (exact) mass is 279 g/mol. The van der Waals surface area contributed by atoms with E-state index in [1.165, 1.54) is 6.92 Å². The summed E-state index contributed by atoms with van der Waals surface area (Å²) in [5, 5.41) is 0. The zero-order chi connectivity index (χ0) is 14.7. The van der Waals surface area contributed by atoms with Crippen molar-refractivity contribution in [2.75, 3.05) is 13.1 Å². The summed E-state index contributed by atoms with van der Waals surface area (Å²) in [5.41, 5.74) is -1.32. The first kappa shape index (κ1) is 14.2. The van der Waals surface area contributed by atoms with Gasteiger partial charge in [-0.25, -0.2) is 4.79 Å². The van der Waals surface area contributed by atoms with Gasteiger partial charge in [-0.15, -0.1) is 0 Å². The lowest BCUT2D eigenvalue weighted by molar-refractivity contribution is -0.130. The number of nitrogens with one attached hydrogen (secondary N) is 1. The van der Waals surface area contributed by atoms with Crippen LogP contribution in [0.5, 0.6) is 0 Å². The number of nitrogens with zero attached hydrogens (tertiary/aromatic N) is 2. The topological polar surface area (TPSA) is 92.2 Å². The Morgan fingerprint density at radius 2 is 1.90 bits per heavy atom. The summed E-state index contributed by atoms with van der Waals surface area (Å²) in [6.07, 6.45) is 3.19. The second kappa shape index (κ2) is 5.85. The van der Waals surface area contributed by atoms with Gasteiger partial charge in [0.25, 0.3) is 5.56 Å². The quantitative estimate of drug-likeness (QED) is 0.769. The maximum Gasteiger partial charge on any atom is 0.328 e. The second-order valence-electron chi connectivity index (χ2n) is 4.86. The molecule has 7 nitrogen and oxygen atoms in total. The molecule has 0 aromatic carbocycles. The number of aromatic nitrogens is 2. The van der Waals surface area contributed by atoms with E-state index in [4.69, 9.17) is 0 Å². The zero-order valence-electron chi connectivity index (χ0n) is 11.3. The molecule has 2 rings (SSSR count). The Morgan fingerprint density at radius 3 is 2.50 bits per heavy atom. The Hall–Kier alpha value is -2.18. The number of rotatable bonds is 4. The molecule has 1 aliphatic rings. The first-order valence-corrected chi connectivity index (χ1v) is 6.62. The summed E-state index contributed by atoms with van der Waals surface area (Å²) in [6, 6.07) is 0. The number of ketones is 1. The van der Waals surface area contributed by atoms with Crippen LogP contribution in [0.2, 0.25) is 0 Å². The van der Waals surface area contributed by atoms with Crippen LogP contribution in [0, 0.1) is 0 Å². The second-order valence-corrected chi connectivity index (χ2v) is 4.86. The number of carbonyl (C=O) groups is 2. The van der Waals surface area contributed by atoms with Crippen molar-refractivity contribution >= 4 is 11.7 Å². The summed E-state index contributed by atoms with van der Waals surface area (Å²) < 4.78 is 0.907. The van der Waals surface area contributed by atoms with Crippen LogP contribution in [0.3, 0.4) is 0 Å². The molecule has 0 aliphatic carbocycles. The maximum atomic E-state index is 12.0. The fourth-order valence-electron chi connectivity index (χ4n) is 2.30. The highest BCUT2D eigenvalue weighted by Gasteiger charge is 2.18. The largest absolute Gasteiger partial charge is 0.343 e. The predicted molar refractivity (Wildman–Crippen MR) is 71.8 cm³/mol. The van der Waals surface area contributed by atoms with Gasteiger partial charge in [0.05, 0.1) is 5.56 Å². The van der Waals surface area contributed by atoms with E-state index in [0.29, 0.717) is 0 Å². The van der Waals surface area contributed by atoms with E-state index < -0.39 is 17.0 Å². The molecule has 0 unspecified atom stereocenters. The highest BCUT2D eigenvalue weighted by atomic mass is 16.2. The minimum Gasteiger partial charge on any atom is -0.343 e. The Bertz CT molecular complexity index is 638. The van der Waals surface area contributed by atoms with Gasteiger partial charge in [0.2, 0.25) is 5.91 Å². The number of H-pyrrole nitrogens is 1. The molecule has 20 heavy (non-hydrogen) atoms. The summed E-state index contributed by atoms with van der Waals surface area (Å²) in [7, 11) is 0. The van der Waals surface area contributed by atoms with Gasteiger partial charge >= 0.3 is 5.69 Å². The van der Waals surface area contributed by atoms with Crippen LogP contribution >= 0.6 is 0 Å². The smallest absolute Gasteiger partial charge is 0.328 e. The van der Waals surface area contributed by atoms with E-state index in [-0.39, 0.29) is 24.4 Å². The van der Waals surface area contributed by atoms with Crippen molar-refractivity contribution < 1.29 is 9.59 Å². The van der Waals surface area contributed by atoms with Crippen molar-refractivity contribution in [2.45, 2.75) is 32.7 Å². The summed E-state index contributed by atoms with van der Waals surface area (Å²) >= 11 is 0. The molecular weight excluding hydrogens is 262 g/mol. The Morgan fingerprint density at radius 1 is 1.25 bits per heavy atom. The van der Waals surface area contributed by atoms with Crippen LogP contribution in [-0.4, -0.2) is 39.2 Å². The molecule has 1 aromatic heterocycles. The van der Waals surface area contributed by atoms with Crippen molar-refractivity contribution in [1.29, 1.82) is 0 Å². The summed E-state index contributed by atoms with van der Waals surface area (Å²) in [4.78, 5) is 50.8. The van der Waals surface area contributed by atoms with E-state index in [2.05, 4.69) is 4.98 Å². The van der Waals surface area contributed by atoms with Gasteiger partial charge in [-0.05, 0) is 19.8 Å². The fourth-order valence-corrected chi connectivity index (χ4v) is 2.30. The maximum absolute atomic E-state index is 12.0. The fraction of sp³-hybridized carbons (Fsp3) is 0.538. The molecule has 1 aliphatic heterocycles. The van der Waals surface area contributed by atoms with Gasteiger partial charge in [0.15, 0.2) is 5.78 Å². The molecule has 1 N–H and O–H groups in total. The Kier molecular flexibility index (Phi) is 4.16. The highest BCUT2D eigenvalue weighted by Crippen LogP contribution is 2.08. The molecule has 1 amide bonds. The Labute approximate surface area is 115 Å². The number of carbonyl (C=O) groups excluding carboxylic acids is 2. The SMILES string of the molecule is CC(=O)c1c[nH]c(=O)n(CCC(=O)N2CCCC2)c1=O. The minimum atomic E-state index is -0.643. The zero-order valence-corrected chi connectivity index (χ0v) is 11.3. The third-order valence-corrected chi connectivity index (χ3v) is 3.45. The Balaban J connectivity index is 2.15. The average molecular weight is 279 g/mol. The molecule has 1 aromatic rings. The molecule has 1 fully saturated rings. The van der Waals surface area contributed by atoms with Gasteiger partial charge < -0.3 is 9.88 Å². The van der Waals surface area contributed by atoms with Crippen LogP contribution in [0.15, 0.2) is 15.8 Å². The van der Waals surface area contributed by atoms with Gasteiger partial charge in [0, 0.05) is 32.3 Å². The van der Waals surface area contributed by atoms with Gasteiger partial charge in [-0.2, -0.15) is 0 Å². The minimum absolute atomic E-state index is 0.00931. The number of Topliss-reactive ketones (excluding diaryl/α,β-unsaturated/α-hetero) is 1. The van der Waals surface area contributed by atoms with E-state index >= 15 is 0 Å². The van der Waals surface area contributed by atoms with Crippen LogP contribution in [-0.2, 0) is 11.3 Å². The number of likely N-dealkylation sites (tertiary alicyclic amines) is 1. The van der Waals surface area contributed by atoms with Gasteiger partial charge in [-0.3, -0.25) is 19.0 Å². The summed E-state index contributed by atoms with van der Waals surface area (Å²) in [6.45, 7) is 2.72. The molecule has 2 heterocycles. The van der Waals surface area contributed by atoms with Crippen molar-refractivity contribution in [2.24, 2.45) is 0 Å². The van der Waals surface area contributed by atoms with E-state index in [1.807, 2.05) is 0 Å². The molecule has 0 spiro atoms. The lowest BCUT2D eigenvalue weighted by Crippen LogP contribution is -2.39. The van der Waals surface area contributed by atoms with Crippen molar-refractivity contribution in [3.63, 3.8) is 0 Å². The van der Waals surface area contributed by atoms with Crippen molar-refractivity contribution in [3.8, 4) is 0 Å². The van der Waals surface area contributed by atoms with E-state index in [1.54, 1.807) is 4.90 Å². The third-order valence-electron chi connectivity index (χ3n) is 3.45. The highest BCUT2D eigenvalue weighted by molar-refractivity contribution is 5.93. The number of aromatic amines is 1. The first-order chi connectivity index (χ1) is 9.50. The third kappa shape index (κ3) is 2.87. The molecule has 0 bridgehead atoms.